The third kappa shape index (κ3) is 2.44. The van der Waals surface area contributed by atoms with Gasteiger partial charge in [-0.05, 0) is 18.2 Å². The zero-order valence-corrected chi connectivity index (χ0v) is 13.0. The van der Waals surface area contributed by atoms with Crippen LogP contribution < -0.4 is 15.2 Å². The van der Waals surface area contributed by atoms with E-state index in [1.165, 1.54) is 4.52 Å². The van der Waals surface area contributed by atoms with Crippen LogP contribution in [0.4, 0.5) is 5.69 Å². The summed E-state index contributed by atoms with van der Waals surface area (Å²) < 4.78 is 29.0. The lowest BCUT2D eigenvalue weighted by molar-refractivity contribution is -0.118. The fraction of sp³-hybridized carbons (Fsp3) is 0.0833. The van der Waals surface area contributed by atoms with Crippen molar-refractivity contribution in [3.63, 3.8) is 0 Å². The molecule has 2 aromatic heterocycles. The van der Waals surface area contributed by atoms with Gasteiger partial charge in [-0.3, -0.25) is 4.79 Å². The summed E-state index contributed by atoms with van der Waals surface area (Å²) in [6.07, 6.45) is 1.59. The standard InChI is InChI=1S/C12H9N5O4S2/c13-23(19,20)12-16-17-4-8(15-11(17)22-12)6-1-2-9-7(3-6)14-10(18)5-21-9/h1-4H,5H2,(H,14,18)(H2,13,19,20). The molecule has 0 radical (unpaired) electrons. The first-order chi connectivity index (χ1) is 10.9. The third-order valence-electron chi connectivity index (χ3n) is 3.18. The molecule has 1 aromatic carbocycles. The van der Waals surface area contributed by atoms with E-state index < -0.39 is 10.0 Å². The number of hydrogen-bond donors (Lipinski definition) is 2. The van der Waals surface area contributed by atoms with Crippen molar-refractivity contribution >= 4 is 37.9 Å². The lowest BCUT2D eigenvalue weighted by Gasteiger charge is -2.18. The van der Waals surface area contributed by atoms with Crippen LogP contribution in [0.2, 0.25) is 0 Å². The molecule has 3 N–H and O–H groups in total. The number of benzene rings is 1. The van der Waals surface area contributed by atoms with Gasteiger partial charge in [0.05, 0.1) is 17.6 Å². The third-order valence-corrected chi connectivity index (χ3v) is 5.41. The van der Waals surface area contributed by atoms with Crippen LogP contribution in [-0.4, -0.2) is 35.5 Å². The van der Waals surface area contributed by atoms with Crippen LogP contribution in [0.5, 0.6) is 5.75 Å². The Hall–Kier alpha value is -2.50. The first kappa shape index (κ1) is 14.1. The number of carbonyl (C=O) groups is 1. The molecule has 0 saturated carbocycles. The Bertz CT molecular complexity index is 1020. The molecule has 11 heteroatoms. The molecule has 0 unspecified atom stereocenters. The predicted octanol–water partition coefficient (Wildman–Crippen LogP) is 0.436. The molecule has 0 spiro atoms. The summed E-state index contributed by atoms with van der Waals surface area (Å²) in [5.41, 5.74) is 1.89. The van der Waals surface area contributed by atoms with Gasteiger partial charge in [-0.1, -0.05) is 11.3 Å². The highest BCUT2D eigenvalue weighted by Crippen LogP contribution is 2.33. The smallest absolute Gasteiger partial charge is 0.267 e. The molecule has 3 aromatic rings. The van der Waals surface area contributed by atoms with E-state index in [-0.39, 0.29) is 16.9 Å². The van der Waals surface area contributed by atoms with Gasteiger partial charge < -0.3 is 10.1 Å². The highest BCUT2D eigenvalue weighted by Gasteiger charge is 2.19. The Labute approximate surface area is 133 Å². The molecule has 0 fully saturated rings. The second kappa shape index (κ2) is 4.75. The summed E-state index contributed by atoms with van der Waals surface area (Å²) in [5.74, 6) is 0.365. The minimum atomic E-state index is -3.85. The number of rotatable bonds is 2. The Balaban J connectivity index is 1.76. The van der Waals surface area contributed by atoms with Gasteiger partial charge in [0.1, 0.15) is 5.75 Å². The number of ether oxygens (including phenoxy) is 1. The lowest BCUT2D eigenvalue weighted by atomic mass is 10.1. The number of fused-ring (bicyclic) bond motifs is 2. The summed E-state index contributed by atoms with van der Waals surface area (Å²) in [6, 6.07) is 5.27. The summed E-state index contributed by atoms with van der Waals surface area (Å²) >= 11 is 0.882. The van der Waals surface area contributed by atoms with Crippen molar-refractivity contribution in [2.24, 2.45) is 5.14 Å². The highest BCUT2D eigenvalue weighted by molar-refractivity contribution is 7.91. The number of anilines is 1. The maximum atomic E-state index is 11.4. The maximum absolute atomic E-state index is 11.4. The Morgan fingerprint density at radius 1 is 1.39 bits per heavy atom. The van der Waals surface area contributed by atoms with E-state index >= 15 is 0 Å². The van der Waals surface area contributed by atoms with Gasteiger partial charge in [-0.2, -0.15) is 0 Å². The molecular formula is C12H9N5O4S2. The molecule has 9 nitrogen and oxygen atoms in total. The van der Waals surface area contributed by atoms with E-state index in [1.54, 1.807) is 24.4 Å². The van der Waals surface area contributed by atoms with Gasteiger partial charge in [0.2, 0.25) is 9.30 Å². The molecular weight excluding hydrogens is 342 g/mol. The number of hydrogen-bond acceptors (Lipinski definition) is 7. The van der Waals surface area contributed by atoms with Gasteiger partial charge >= 0.3 is 0 Å². The summed E-state index contributed by atoms with van der Waals surface area (Å²) in [7, 11) is -3.85. The maximum Gasteiger partial charge on any atom is 0.267 e. The highest BCUT2D eigenvalue weighted by atomic mass is 32.2. The van der Waals surface area contributed by atoms with E-state index in [9.17, 15) is 13.2 Å². The average molecular weight is 351 g/mol. The number of aromatic nitrogens is 3. The molecule has 1 amide bonds. The van der Waals surface area contributed by atoms with E-state index in [0.717, 1.165) is 16.9 Å². The molecule has 0 atom stereocenters. The van der Waals surface area contributed by atoms with Gasteiger partial charge in [-0.25, -0.2) is 23.1 Å². The topological polar surface area (TPSA) is 129 Å². The SMILES string of the molecule is NS(=O)(=O)c1nn2cc(-c3ccc4c(c3)NC(=O)CO4)nc2s1. The van der Waals surface area contributed by atoms with Gasteiger partial charge in [0, 0.05) is 5.56 Å². The minimum Gasteiger partial charge on any atom is -0.482 e. The number of nitrogens with one attached hydrogen (secondary N) is 1. The van der Waals surface area contributed by atoms with E-state index in [1.807, 2.05) is 0 Å². The number of carbonyl (C=O) groups excluding carboxylic acids is 1. The van der Waals surface area contributed by atoms with Gasteiger partial charge in [0.25, 0.3) is 15.9 Å². The van der Waals surface area contributed by atoms with Crippen molar-refractivity contribution in [2.75, 3.05) is 11.9 Å². The molecule has 1 aliphatic rings. The number of nitrogens with two attached hydrogens (primary N) is 1. The molecule has 0 bridgehead atoms. The molecule has 4 rings (SSSR count). The molecule has 3 heterocycles. The number of primary sulfonamides is 1. The largest absolute Gasteiger partial charge is 0.482 e. The second-order valence-electron chi connectivity index (χ2n) is 4.81. The van der Waals surface area contributed by atoms with E-state index in [2.05, 4.69) is 15.4 Å². The second-order valence-corrected chi connectivity index (χ2v) is 7.51. The van der Waals surface area contributed by atoms with Crippen molar-refractivity contribution in [2.45, 2.75) is 4.34 Å². The normalized spacial score (nSPS) is 14.4. The molecule has 23 heavy (non-hydrogen) atoms. The van der Waals surface area contributed by atoms with Crippen molar-refractivity contribution in [1.29, 1.82) is 0 Å². The fourth-order valence-electron chi connectivity index (χ4n) is 2.18. The van der Waals surface area contributed by atoms with Crippen LogP contribution in [0.3, 0.4) is 0 Å². The van der Waals surface area contributed by atoms with Crippen LogP contribution in [-0.2, 0) is 14.8 Å². The Morgan fingerprint density at radius 3 is 2.96 bits per heavy atom. The first-order valence-electron chi connectivity index (χ1n) is 6.36. The monoisotopic (exact) mass is 351 g/mol. The van der Waals surface area contributed by atoms with E-state index in [4.69, 9.17) is 9.88 Å². The summed E-state index contributed by atoms with van der Waals surface area (Å²) in [4.78, 5) is 16.1. The van der Waals surface area contributed by atoms with Gasteiger partial charge in [0.15, 0.2) is 6.61 Å². The lowest BCUT2D eigenvalue weighted by Crippen LogP contribution is -2.25. The number of sulfonamides is 1. The quantitative estimate of drug-likeness (QED) is 0.689. The van der Waals surface area contributed by atoms with Crippen LogP contribution in [0.1, 0.15) is 0 Å². The van der Waals surface area contributed by atoms with Crippen LogP contribution in [0.15, 0.2) is 28.7 Å². The van der Waals surface area contributed by atoms with Crippen LogP contribution in [0.25, 0.3) is 16.2 Å². The van der Waals surface area contributed by atoms with Crippen LogP contribution in [0, 0.1) is 0 Å². The predicted molar refractivity (Wildman–Crippen MR) is 81.8 cm³/mol. The van der Waals surface area contributed by atoms with Crippen molar-refractivity contribution in [1.82, 2.24) is 14.6 Å². The Morgan fingerprint density at radius 2 is 2.22 bits per heavy atom. The number of imidazole rings is 1. The number of nitrogens with zero attached hydrogens (tertiary/aromatic N) is 3. The van der Waals surface area contributed by atoms with Crippen molar-refractivity contribution in [3.8, 4) is 17.0 Å². The molecule has 0 saturated heterocycles. The fourth-order valence-corrected chi connectivity index (χ4v) is 3.68. The van der Waals surface area contributed by atoms with Crippen molar-refractivity contribution in [3.05, 3.63) is 24.4 Å². The first-order valence-corrected chi connectivity index (χ1v) is 8.72. The average Bonchev–Trinajstić information content (AvgIpc) is 3.04. The van der Waals surface area contributed by atoms with E-state index in [0.29, 0.717) is 22.1 Å². The molecule has 0 aliphatic carbocycles. The summed E-state index contributed by atoms with van der Waals surface area (Å²) in [6.45, 7) is -0.00713. The summed E-state index contributed by atoms with van der Waals surface area (Å²) in [5, 5.41) is 11.7. The number of amides is 1. The Kier molecular flexibility index (Phi) is 2.91. The molecule has 1 aliphatic heterocycles. The zero-order valence-electron chi connectivity index (χ0n) is 11.4. The molecule has 118 valence electrons. The minimum absolute atomic E-state index is 0.00713. The van der Waals surface area contributed by atoms with Crippen molar-refractivity contribution < 1.29 is 17.9 Å². The van der Waals surface area contributed by atoms with Gasteiger partial charge in [-0.15, -0.1) is 5.10 Å². The zero-order chi connectivity index (χ0) is 16.2. The van der Waals surface area contributed by atoms with Crippen LogP contribution >= 0.6 is 11.3 Å².